The van der Waals surface area contributed by atoms with E-state index in [1.54, 1.807) is 12.2 Å². The Labute approximate surface area is 124 Å². The van der Waals surface area contributed by atoms with Gasteiger partial charge in [-0.2, -0.15) is 0 Å². The molecular weight excluding hydrogens is 262 g/mol. The fraction of sp³-hybridized carbons (Fsp3) is 0.294. The Morgan fingerprint density at radius 1 is 1.33 bits per heavy atom. The maximum Gasteiger partial charge on any atom is 0.246 e. The minimum absolute atomic E-state index is 0.0540. The summed E-state index contributed by atoms with van der Waals surface area (Å²) in [6, 6.07) is 12.3. The summed E-state index contributed by atoms with van der Waals surface area (Å²) in [6.45, 7) is 4.47. The maximum atomic E-state index is 12.2. The lowest BCUT2D eigenvalue weighted by Crippen LogP contribution is -2.50. The number of aromatic nitrogens is 1. The molecule has 0 aliphatic carbocycles. The van der Waals surface area contributed by atoms with Crippen LogP contribution in [0.2, 0.25) is 0 Å². The van der Waals surface area contributed by atoms with E-state index >= 15 is 0 Å². The summed E-state index contributed by atoms with van der Waals surface area (Å²) in [5.74, 6) is 0.0540. The average molecular weight is 281 g/mol. The van der Waals surface area contributed by atoms with E-state index in [1.807, 2.05) is 41.3 Å². The molecule has 1 unspecified atom stereocenters. The van der Waals surface area contributed by atoms with Crippen molar-refractivity contribution in [2.45, 2.75) is 13.0 Å². The normalized spacial score (nSPS) is 19.3. The monoisotopic (exact) mass is 281 g/mol. The van der Waals surface area contributed by atoms with Crippen molar-refractivity contribution < 1.29 is 4.79 Å². The molecule has 0 spiro atoms. The number of benzene rings is 1. The molecule has 108 valence electrons. The molecule has 1 atom stereocenters. The third kappa shape index (κ3) is 3.28. The summed E-state index contributed by atoms with van der Waals surface area (Å²) in [5.41, 5.74) is 1.76. The molecule has 1 N–H and O–H groups in total. The number of rotatable bonds is 2. The highest BCUT2D eigenvalue weighted by Gasteiger charge is 2.18. The smallest absolute Gasteiger partial charge is 0.246 e. The molecule has 1 aromatic carbocycles. The highest BCUT2D eigenvalue weighted by molar-refractivity contribution is 5.92. The van der Waals surface area contributed by atoms with Crippen molar-refractivity contribution >= 4 is 22.9 Å². The van der Waals surface area contributed by atoms with Gasteiger partial charge in [-0.15, -0.1) is 0 Å². The van der Waals surface area contributed by atoms with Crippen LogP contribution < -0.4 is 5.32 Å². The van der Waals surface area contributed by atoms with Crippen LogP contribution >= 0.6 is 0 Å². The molecule has 1 fully saturated rings. The molecule has 4 nitrogen and oxygen atoms in total. The van der Waals surface area contributed by atoms with Crippen molar-refractivity contribution in [3.05, 3.63) is 48.2 Å². The van der Waals surface area contributed by atoms with Crippen LogP contribution in [-0.2, 0) is 4.79 Å². The van der Waals surface area contributed by atoms with Gasteiger partial charge in [-0.1, -0.05) is 24.3 Å². The number of piperazine rings is 1. The third-order valence-corrected chi connectivity index (χ3v) is 3.70. The van der Waals surface area contributed by atoms with E-state index in [2.05, 4.69) is 17.2 Å². The SMILES string of the molecule is CC1CN(C(=O)/C=C/c2ccc3ccccc3n2)CCN1. The number of amides is 1. The summed E-state index contributed by atoms with van der Waals surface area (Å²) < 4.78 is 0. The van der Waals surface area contributed by atoms with Crippen LogP contribution in [0.15, 0.2) is 42.5 Å². The summed E-state index contributed by atoms with van der Waals surface area (Å²) >= 11 is 0. The average Bonchev–Trinajstić information content (AvgIpc) is 2.52. The zero-order valence-electron chi connectivity index (χ0n) is 12.1. The van der Waals surface area contributed by atoms with Crippen LogP contribution in [0.25, 0.3) is 17.0 Å². The van der Waals surface area contributed by atoms with Crippen LogP contribution in [0.4, 0.5) is 0 Å². The van der Waals surface area contributed by atoms with Gasteiger partial charge < -0.3 is 10.2 Å². The highest BCUT2D eigenvalue weighted by Crippen LogP contribution is 2.12. The van der Waals surface area contributed by atoms with Gasteiger partial charge in [0.05, 0.1) is 11.2 Å². The fourth-order valence-corrected chi connectivity index (χ4v) is 2.57. The van der Waals surface area contributed by atoms with E-state index in [9.17, 15) is 4.79 Å². The van der Waals surface area contributed by atoms with Gasteiger partial charge in [-0.05, 0) is 25.1 Å². The van der Waals surface area contributed by atoms with Crippen molar-refractivity contribution in [1.82, 2.24) is 15.2 Å². The molecule has 21 heavy (non-hydrogen) atoms. The summed E-state index contributed by atoms with van der Waals surface area (Å²) in [5, 5.41) is 4.44. The van der Waals surface area contributed by atoms with Crippen molar-refractivity contribution in [3.63, 3.8) is 0 Å². The van der Waals surface area contributed by atoms with Gasteiger partial charge in [0, 0.05) is 37.1 Å². The molecule has 1 aliphatic heterocycles. The Morgan fingerprint density at radius 2 is 2.19 bits per heavy atom. The quantitative estimate of drug-likeness (QED) is 0.857. The van der Waals surface area contributed by atoms with Crippen LogP contribution in [0, 0.1) is 0 Å². The lowest BCUT2D eigenvalue weighted by atomic mass is 10.2. The minimum atomic E-state index is 0.0540. The van der Waals surface area contributed by atoms with Gasteiger partial charge >= 0.3 is 0 Å². The predicted molar refractivity (Wildman–Crippen MR) is 84.8 cm³/mol. The molecule has 0 bridgehead atoms. The molecule has 1 saturated heterocycles. The van der Waals surface area contributed by atoms with Crippen LogP contribution in [0.5, 0.6) is 0 Å². The Balaban J connectivity index is 1.73. The molecule has 0 radical (unpaired) electrons. The number of fused-ring (bicyclic) bond motifs is 1. The molecule has 2 heterocycles. The number of carbonyl (C=O) groups excluding carboxylic acids is 1. The zero-order chi connectivity index (χ0) is 14.7. The number of hydrogen-bond acceptors (Lipinski definition) is 3. The third-order valence-electron chi connectivity index (χ3n) is 3.70. The first-order valence-corrected chi connectivity index (χ1v) is 7.28. The minimum Gasteiger partial charge on any atom is -0.336 e. The highest BCUT2D eigenvalue weighted by atomic mass is 16.2. The fourth-order valence-electron chi connectivity index (χ4n) is 2.57. The van der Waals surface area contributed by atoms with Gasteiger partial charge in [0.25, 0.3) is 0 Å². The lowest BCUT2D eigenvalue weighted by Gasteiger charge is -2.31. The summed E-state index contributed by atoms with van der Waals surface area (Å²) in [7, 11) is 0. The predicted octanol–water partition coefficient (Wildman–Crippen LogP) is 2.07. The van der Waals surface area contributed by atoms with E-state index < -0.39 is 0 Å². The van der Waals surface area contributed by atoms with Gasteiger partial charge in [0.15, 0.2) is 0 Å². The maximum absolute atomic E-state index is 12.2. The topological polar surface area (TPSA) is 45.2 Å². The molecule has 2 aromatic rings. The van der Waals surface area contributed by atoms with Crippen molar-refractivity contribution in [2.75, 3.05) is 19.6 Å². The van der Waals surface area contributed by atoms with E-state index in [0.29, 0.717) is 6.04 Å². The lowest BCUT2D eigenvalue weighted by molar-refractivity contribution is -0.127. The van der Waals surface area contributed by atoms with Gasteiger partial charge in [-0.3, -0.25) is 4.79 Å². The number of pyridine rings is 1. The number of carbonyl (C=O) groups is 1. The first kappa shape index (κ1) is 13.8. The molecular formula is C17H19N3O. The van der Waals surface area contributed by atoms with Crippen molar-refractivity contribution in [3.8, 4) is 0 Å². The van der Waals surface area contributed by atoms with Gasteiger partial charge in [0.1, 0.15) is 0 Å². The van der Waals surface area contributed by atoms with E-state index in [4.69, 9.17) is 0 Å². The second-order valence-corrected chi connectivity index (χ2v) is 5.40. The van der Waals surface area contributed by atoms with E-state index in [1.165, 1.54) is 0 Å². The molecule has 4 heteroatoms. The zero-order valence-corrected chi connectivity index (χ0v) is 12.1. The Hall–Kier alpha value is -2.20. The molecule has 1 aromatic heterocycles. The first-order valence-electron chi connectivity index (χ1n) is 7.28. The molecule has 3 rings (SSSR count). The molecule has 0 saturated carbocycles. The molecule has 1 amide bonds. The van der Waals surface area contributed by atoms with Crippen LogP contribution in [-0.4, -0.2) is 41.5 Å². The second kappa shape index (κ2) is 6.06. The first-order chi connectivity index (χ1) is 10.2. The van der Waals surface area contributed by atoms with Crippen molar-refractivity contribution in [1.29, 1.82) is 0 Å². The number of para-hydroxylation sites is 1. The van der Waals surface area contributed by atoms with E-state index in [0.717, 1.165) is 36.2 Å². The largest absolute Gasteiger partial charge is 0.336 e. The Morgan fingerprint density at radius 3 is 3.05 bits per heavy atom. The standard InChI is InChI=1S/C17H19N3O/c1-13-12-20(11-10-18-13)17(21)9-8-15-7-6-14-4-2-3-5-16(14)19-15/h2-9,13,18H,10-12H2,1H3/b9-8+. The second-order valence-electron chi connectivity index (χ2n) is 5.40. The molecule has 1 aliphatic rings. The van der Waals surface area contributed by atoms with E-state index in [-0.39, 0.29) is 5.91 Å². The Kier molecular flexibility index (Phi) is 3.97. The number of nitrogens with one attached hydrogen (secondary N) is 1. The van der Waals surface area contributed by atoms with Crippen LogP contribution in [0.3, 0.4) is 0 Å². The van der Waals surface area contributed by atoms with Gasteiger partial charge in [0.2, 0.25) is 5.91 Å². The summed E-state index contributed by atoms with van der Waals surface area (Å²) in [6.07, 6.45) is 3.41. The Bertz CT molecular complexity index is 681. The van der Waals surface area contributed by atoms with Crippen LogP contribution in [0.1, 0.15) is 12.6 Å². The number of nitrogens with zero attached hydrogens (tertiary/aromatic N) is 2. The van der Waals surface area contributed by atoms with Gasteiger partial charge in [-0.25, -0.2) is 4.98 Å². The summed E-state index contributed by atoms with van der Waals surface area (Å²) in [4.78, 5) is 18.6. The number of hydrogen-bond donors (Lipinski definition) is 1. The van der Waals surface area contributed by atoms with Crippen molar-refractivity contribution in [2.24, 2.45) is 0 Å².